The Balaban J connectivity index is 0. The topological polar surface area (TPSA) is 21.9 Å². The van der Waals surface area contributed by atoms with Crippen molar-refractivity contribution in [3.05, 3.63) is 11.9 Å². The Labute approximate surface area is 94.2 Å². The molecular formula is C11H25N4+. The standard InChI is InChI=1S/C10H21N4.CH4/c1-12(2)7-10(8-13(3)4)11-9-14(5)6;/h7-9H,1-6H3;1H4/q+1;. The number of allylic oxidation sites excluding steroid dienone is 1. The third kappa shape index (κ3) is 10.6. The molecule has 0 saturated heterocycles. The minimum absolute atomic E-state index is 0. The van der Waals surface area contributed by atoms with Crippen molar-refractivity contribution in [2.24, 2.45) is 4.99 Å². The molecule has 0 aromatic heterocycles. The fourth-order valence-electron chi connectivity index (χ4n) is 0.811. The van der Waals surface area contributed by atoms with Crippen LogP contribution in [-0.2, 0) is 0 Å². The van der Waals surface area contributed by atoms with Gasteiger partial charge in [0.2, 0.25) is 0 Å². The molecule has 0 N–H and O–H groups in total. The normalized spacial score (nSPS) is 10.9. The van der Waals surface area contributed by atoms with Gasteiger partial charge in [0.05, 0.1) is 6.34 Å². The van der Waals surface area contributed by atoms with Crippen LogP contribution in [0.15, 0.2) is 16.9 Å². The monoisotopic (exact) mass is 213 g/mol. The van der Waals surface area contributed by atoms with Gasteiger partial charge >= 0.3 is 0 Å². The van der Waals surface area contributed by atoms with Gasteiger partial charge in [-0.25, -0.2) is 9.57 Å². The summed E-state index contributed by atoms with van der Waals surface area (Å²) >= 11 is 0. The number of rotatable bonds is 4. The zero-order valence-corrected chi connectivity index (χ0v) is 10.0. The first-order chi connectivity index (χ1) is 6.41. The second-order valence-electron chi connectivity index (χ2n) is 3.82. The van der Waals surface area contributed by atoms with Gasteiger partial charge in [0, 0.05) is 34.4 Å². The van der Waals surface area contributed by atoms with E-state index in [0.29, 0.717) is 0 Å². The van der Waals surface area contributed by atoms with E-state index in [0.717, 1.165) is 5.70 Å². The van der Waals surface area contributed by atoms with Crippen molar-refractivity contribution in [2.45, 2.75) is 7.43 Å². The summed E-state index contributed by atoms with van der Waals surface area (Å²) in [6.07, 6.45) is 5.73. The van der Waals surface area contributed by atoms with Gasteiger partial charge in [0.15, 0.2) is 6.21 Å². The lowest BCUT2D eigenvalue weighted by Crippen LogP contribution is -2.10. The Kier molecular flexibility index (Phi) is 8.63. The van der Waals surface area contributed by atoms with E-state index in [1.165, 1.54) is 0 Å². The highest BCUT2D eigenvalue weighted by Gasteiger charge is 1.95. The Bertz CT molecular complexity index is 245. The molecule has 0 aliphatic heterocycles. The molecule has 0 rings (SSSR count). The van der Waals surface area contributed by atoms with Gasteiger partial charge in [-0.15, -0.1) is 0 Å². The minimum Gasteiger partial charge on any atom is -0.382 e. The Morgan fingerprint density at radius 3 is 1.93 bits per heavy atom. The van der Waals surface area contributed by atoms with Crippen molar-refractivity contribution in [3.63, 3.8) is 0 Å². The molecular weight excluding hydrogens is 188 g/mol. The molecule has 0 heterocycles. The van der Waals surface area contributed by atoms with Crippen molar-refractivity contribution in [2.75, 3.05) is 42.3 Å². The lowest BCUT2D eigenvalue weighted by atomic mass is 10.5. The summed E-state index contributed by atoms with van der Waals surface area (Å²) < 4.78 is 1.97. The Morgan fingerprint density at radius 2 is 1.60 bits per heavy atom. The van der Waals surface area contributed by atoms with Crippen LogP contribution >= 0.6 is 0 Å². The molecule has 0 fully saturated rings. The SMILES string of the molecule is C.CN(C)C=NC(=CN(C)C)C=[N+](C)C. The number of hydrogen-bond acceptors (Lipinski definition) is 2. The molecule has 0 aromatic rings. The van der Waals surface area contributed by atoms with Gasteiger partial charge in [-0.2, -0.15) is 0 Å². The van der Waals surface area contributed by atoms with Crippen LogP contribution in [0, 0.1) is 0 Å². The molecule has 0 aliphatic carbocycles. The molecule has 0 saturated carbocycles. The van der Waals surface area contributed by atoms with E-state index in [1.54, 1.807) is 6.34 Å². The second kappa shape index (κ2) is 8.03. The van der Waals surface area contributed by atoms with Crippen LogP contribution in [-0.4, -0.2) is 69.2 Å². The minimum atomic E-state index is 0. The molecule has 15 heavy (non-hydrogen) atoms. The maximum Gasteiger partial charge on any atom is 0.190 e. The van der Waals surface area contributed by atoms with E-state index < -0.39 is 0 Å². The van der Waals surface area contributed by atoms with Crippen LogP contribution in [0.25, 0.3) is 0 Å². The van der Waals surface area contributed by atoms with Crippen LogP contribution < -0.4 is 0 Å². The maximum absolute atomic E-state index is 4.33. The highest BCUT2D eigenvalue weighted by atomic mass is 15.1. The van der Waals surface area contributed by atoms with Crippen LogP contribution in [0.5, 0.6) is 0 Å². The second-order valence-corrected chi connectivity index (χ2v) is 3.82. The third-order valence-electron chi connectivity index (χ3n) is 1.22. The van der Waals surface area contributed by atoms with Gasteiger partial charge in [0.25, 0.3) is 0 Å². The first kappa shape index (κ1) is 16.1. The predicted molar refractivity (Wildman–Crippen MR) is 68.9 cm³/mol. The van der Waals surface area contributed by atoms with Gasteiger partial charge in [-0.05, 0) is 0 Å². The average Bonchev–Trinajstić information content (AvgIpc) is 1.97. The zero-order chi connectivity index (χ0) is 11.1. The first-order valence-electron chi connectivity index (χ1n) is 4.52. The zero-order valence-electron chi connectivity index (χ0n) is 10.0. The third-order valence-corrected chi connectivity index (χ3v) is 1.22. The lowest BCUT2D eigenvalue weighted by Gasteiger charge is -2.06. The summed E-state index contributed by atoms with van der Waals surface area (Å²) in [5, 5.41) is 0. The number of nitrogens with zero attached hydrogens (tertiary/aromatic N) is 4. The largest absolute Gasteiger partial charge is 0.382 e. The molecule has 0 amide bonds. The van der Waals surface area contributed by atoms with Crippen molar-refractivity contribution in [1.29, 1.82) is 0 Å². The van der Waals surface area contributed by atoms with Crippen molar-refractivity contribution in [3.8, 4) is 0 Å². The maximum atomic E-state index is 4.33. The number of aliphatic imine (C=N–C) groups is 1. The summed E-state index contributed by atoms with van der Waals surface area (Å²) in [6.45, 7) is 0. The van der Waals surface area contributed by atoms with Crippen LogP contribution in [0.2, 0.25) is 0 Å². The highest BCUT2D eigenvalue weighted by Crippen LogP contribution is 1.93. The summed E-state index contributed by atoms with van der Waals surface area (Å²) in [4.78, 5) is 8.21. The van der Waals surface area contributed by atoms with Crippen LogP contribution in [0.4, 0.5) is 0 Å². The van der Waals surface area contributed by atoms with Crippen LogP contribution in [0.1, 0.15) is 7.43 Å². The smallest absolute Gasteiger partial charge is 0.190 e. The van der Waals surface area contributed by atoms with Crippen molar-refractivity contribution >= 4 is 12.6 Å². The molecule has 0 radical (unpaired) electrons. The molecule has 88 valence electrons. The lowest BCUT2D eigenvalue weighted by molar-refractivity contribution is -0.459. The van der Waals surface area contributed by atoms with Gasteiger partial charge in [-0.3, -0.25) is 0 Å². The molecule has 0 aliphatic rings. The summed E-state index contributed by atoms with van der Waals surface area (Å²) in [6, 6.07) is 0. The van der Waals surface area contributed by atoms with E-state index >= 15 is 0 Å². The molecule has 0 atom stereocenters. The van der Waals surface area contributed by atoms with E-state index in [2.05, 4.69) is 4.99 Å². The summed E-state index contributed by atoms with van der Waals surface area (Å²) in [7, 11) is 11.8. The highest BCUT2D eigenvalue weighted by molar-refractivity contribution is 5.76. The van der Waals surface area contributed by atoms with Gasteiger partial charge < -0.3 is 9.80 Å². The van der Waals surface area contributed by atoms with Gasteiger partial charge in [0.1, 0.15) is 19.8 Å². The molecule has 4 nitrogen and oxygen atoms in total. The van der Waals surface area contributed by atoms with E-state index in [9.17, 15) is 0 Å². The average molecular weight is 213 g/mol. The number of hydrogen-bond donors (Lipinski definition) is 0. The fourth-order valence-corrected chi connectivity index (χ4v) is 0.811. The molecule has 0 unspecified atom stereocenters. The summed E-state index contributed by atoms with van der Waals surface area (Å²) in [5.74, 6) is 0. The van der Waals surface area contributed by atoms with Crippen LogP contribution in [0.3, 0.4) is 0 Å². The summed E-state index contributed by atoms with van der Waals surface area (Å²) in [5.41, 5.74) is 0.925. The van der Waals surface area contributed by atoms with Gasteiger partial charge in [-0.1, -0.05) is 7.43 Å². The first-order valence-corrected chi connectivity index (χ1v) is 4.52. The van der Waals surface area contributed by atoms with Crippen molar-refractivity contribution in [1.82, 2.24) is 9.80 Å². The van der Waals surface area contributed by atoms with E-state index in [-0.39, 0.29) is 7.43 Å². The fraction of sp³-hybridized carbons (Fsp3) is 0.636. The van der Waals surface area contributed by atoms with E-state index in [1.807, 2.05) is 69.1 Å². The quantitative estimate of drug-likeness (QED) is 0.394. The molecule has 0 spiro atoms. The molecule has 4 heteroatoms. The predicted octanol–water partition coefficient (Wildman–Crippen LogP) is 0.958. The Hall–Kier alpha value is -1.32. The Morgan fingerprint density at radius 1 is 1.07 bits per heavy atom. The van der Waals surface area contributed by atoms with E-state index in [4.69, 9.17) is 0 Å². The molecule has 0 aromatic carbocycles. The molecule has 0 bridgehead atoms. The van der Waals surface area contributed by atoms with Crippen molar-refractivity contribution < 1.29 is 4.58 Å².